The molecule has 1 unspecified atom stereocenters. The van der Waals surface area contributed by atoms with Crippen molar-refractivity contribution in [3.8, 4) is 0 Å². The van der Waals surface area contributed by atoms with Crippen LogP contribution in [0.1, 0.15) is 18.4 Å². The normalized spacial score (nSPS) is 20.2. The second-order valence-electron chi connectivity index (χ2n) is 4.58. The van der Waals surface area contributed by atoms with Crippen molar-refractivity contribution in [3.63, 3.8) is 0 Å². The SMILES string of the molecule is Nc1cc(Br)cc(CS(=O)(=O)CC2CCCO2)c1. The average Bonchev–Trinajstić information content (AvgIpc) is 2.66. The summed E-state index contributed by atoms with van der Waals surface area (Å²) in [5.74, 6) is 0.107. The summed E-state index contributed by atoms with van der Waals surface area (Å²) in [7, 11) is -3.15. The first-order valence-corrected chi connectivity index (χ1v) is 8.43. The average molecular weight is 334 g/mol. The van der Waals surface area contributed by atoms with Crippen LogP contribution in [0.2, 0.25) is 0 Å². The van der Waals surface area contributed by atoms with Gasteiger partial charge in [-0.05, 0) is 36.6 Å². The molecule has 1 heterocycles. The third-order valence-electron chi connectivity index (χ3n) is 2.83. The van der Waals surface area contributed by atoms with Crippen molar-refractivity contribution < 1.29 is 13.2 Å². The first-order chi connectivity index (χ1) is 8.44. The van der Waals surface area contributed by atoms with Crippen LogP contribution in [0, 0.1) is 0 Å². The van der Waals surface area contributed by atoms with Gasteiger partial charge in [-0.15, -0.1) is 0 Å². The maximum Gasteiger partial charge on any atom is 0.156 e. The van der Waals surface area contributed by atoms with Gasteiger partial charge in [-0.3, -0.25) is 0 Å². The Morgan fingerprint density at radius 2 is 2.17 bits per heavy atom. The number of halogens is 1. The van der Waals surface area contributed by atoms with Crippen molar-refractivity contribution in [3.05, 3.63) is 28.2 Å². The minimum atomic E-state index is -3.15. The summed E-state index contributed by atoms with van der Waals surface area (Å²) in [6, 6.07) is 5.22. The monoisotopic (exact) mass is 333 g/mol. The number of hydrogen-bond donors (Lipinski definition) is 1. The van der Waals surface area contributed by atoms with E-state index in [0.29, 0.717) is 17.9 Å². The predicted molar refractivity (Wildman–Crippen MR) is 75.0 cm³/mol. The molecule has 4 nitrogen and oxygen atoms in total. The molecule has 0 bridgehead atoms. The molecule has 2 N–H and O–H groups in total. The van der Waals surface area contributed by atoms with Crippen molar-refractivity contribution in [2.45, 2.75) is 24.7 Å². The molecule has 1 aliphatic rings. The van der Waals surface area contributed by atoms with Crippen molar-refractivity contribution in [2.75, 3.05) is 18.1 Å². The zero-order chi connectivity index (χ0) is 13.2. The molecular weight excluding hydrogens is 318 g/mol. The molecule has 0 saturated carbocycles. The standard InChI is InChI=1S/C12H16BrNO3S/c13-10-4-9(5-11(14)6-10)7-18(15,16)8-12-2-1-3-17-12/h4-6,12H,1-3,7-8,14H2. The summed E-state index contributed by atoms with van der Waals surface area (Å²) < 4.78 is 30.2. The van der Waals surface area contributed by atoms with Crippen molar-refractivity contribution in [1.29, 1.82) is 0 Å². The Bertz CT molecular complexity index is 504. The van der Waals surface area contributed by atoms with Gasteiger partial charge in [0.15, 0.2) is 9.84 Å². The number of nitrogen functional groups attached to an aromatic ring is 1. The molecule has 0 aromatic heterocycles. The second kappa shape index (κ2) is 5.59. The molecule has 1 atom stereocenters. The van der Waals surface area contributed by atoms with Crippen LogP contribution >= 0.6 is 15.9 Å². The summed E-state index contributed by atoms with van der Waals surface area (Å²) in [6.07, 6.45) is 1.64. The van der Waals surface area contributed by atoms with Crippen molar-refractivity contribution >= 4 is 31.5 Å². The van der Waals surface area contributed by atoms with E-state index < -0.39 is 9.84 Å². The minimum absolute atomic E-state index is 0.0104. The van der Waals surface area contributed by atoms with Gasteiger partial charge < -0.3 is 10.5 Å². The predicted octanol–water partition coefficient (Wildman–Crippen LogP) is 2.13. The van der Waals surface area contributed by atoms with E-state index in [-0.39, 0.29) is 17.6 Å². The Kier molecular flexibility index (Phi) is 4.29. The number of anilines is 1. The van der Waals surface area contributed by atoms with Gasteiger partial charge >= 0.3 is 0 Å². The highest BCUT2D eigenvalue weighted by Crippen LogP contribution is 2.21. The Morgan fingerprint density at radius 3 is 2.78 bits per heavy atom. The summed E-state index contributed by atoms with van der Waals surface area (Å²) in [5.41, 5.74) is 6.96. The first-order valence-electron chi connectivity index (χ1n) is 5.81. The number of nitrogens with two attached hydrogens (primary N) is 1. The van der Waals surface area contributed by atoms with E-state index >= 15 is 0 Å². The fourth-order valence-electron chi connectivity index (χ4n) is 2.13. The van der Waals surface area contributed by atoms with E-state index in [2.05, 4.69) is 15.9 Å². The summed E-state index contributed by atoms with van der Waals surface area (Å²) >= 11 is 3.31. The molecular formula is C12H16BrNO3S. The molecule has 1 aromatic carbocycles. The minimum Gasteiger partial charge on any atom is -0.399 e. The molecule has 0 radical (unpaired) electrons. The van der Waals surface area contributed by atoms with Crippen LogP contribution in [0.4, 0.5) is 5.69 Å². The van der Waals surface area contributed by atoms with Gasteiger partial charge in [0.1, 0.15) is 0 Å². The molecule has 0 spiro atoms. The van der Waals surface area contributed by atoms with E-state index in [1.54, 1.807) is 18.2 Å². The van der Waals surface area contributed by atoms with Gasteiger partial charge in [-0.2, -0.15) is 0 Å². The lowest BCUT2D eigenvalue weighted by molar-refractivity contribution is 0.127. The lowest BCUT2D eigenvalue weighted by atomic mass is 10.2. The summed E-state index contributed by atoms with van der Waals surface area (Å²) in [6.45, 7) is 0.671. The van der Waals surface area contributed by atoms with Crippen LogP contribution in [-0.2, 0) is 20.3 Å². The zero-order valence-electron chi connectivity index (χ0n) is 9.93. The van der Waals surface area contributed by atoms with Gasteiger partial charge in [0.2, 0.25) is 0 Å². The van der Waals surface area contributed by atoms with E-state index in [1.165, 1.54) is 0 Å². The van der Waals surface area contributed by atoms with Crippen LogP contribution < -0.4 is 5.73 Å². The fourth-order valence-corrected chi connectivity index (χ4v) is 4.31. The van der Waals surface area contributed by atoms with Crippen LogP contribution in [0.5, 0.6) is 0 Å². The highest BCUT2D eigenvalue weighted by molar-refractivity contribution is 9.10. The largest absolute Gasteiger partial charge is 0.399 e. The second-order valence-corrected chi connectivity index (χ2v) is 7.61. The van der Waals surface area contributed by atoms with Gasteiger partial charge in [-0.1, -0.05) is 15.9 Å². The molecule has 2 rings (SSSR count). The zero-order valence-corrected chi connectivity index (χ0v) is 12.3. The first kappa shape index (κ1) is 13.8. The van der Waals surface area contributed by atoms with Crippen LogP contribution in [0.15, 0.2) is 22.7 Å². The molecule has 18 heavy (non-hydrogen) atoms. The van der Waals surface area contributed by atoms with Gasteiger partial charge in [-0.25, -0.2) is 8.42 Å². The molecule has 1 aromatic rings. The number of benzene rings is 1. The number of sulfone groups is 1. The third-order valence-corrected chi connectivity index (χ3v) is 4.94. The Balaban J connectivity index is 2.06. The fraction of sp³-hybridized carbons (Fsp3) is 0.500. The summed E-state index contributed by atoms with van der Waals surface area (Å²) in [4.78, 5) is 0. The molecule has 0 amide bonds. The smallest absolute Gasteiger partial charge is 0.156 e. The van der Waals surface area contributed by atoms with Gasteiger partial charge in [0.05, 0.1) is 17.6 Å². The lowest BCUT2D eigenvalue weighted by Gasteiger charge is -2.10. The van der Waals surface area contributed by atoms with Crippen LogP contribution in [-0.4, -0.2) is 26.9 Å². The number of rotatable bonds is 4. The molecule has 0 aliphatic carbocycles. The Hall–Kier alpha value is -0.590. The lowest BCUT2D eigenvalue weighted by Crippen LogP contribution is -2.21. The van der Waals surface area contributed by atoms with E-state index in [0.717, 1.165) is 17.3 Å². The number of hydrogen-bond acceptors (Lipinski definition) is 4. The quantitative estimate of drug-likeness (QED) is 0.857. The molecule has 1 saturated heterocycles. The highest BCUT2D eigenvalue weighted by atomic mass is 79.9. The van der Waals surface area contributed by atoms with E-state index in [4.69, 9.17) is 10.5 Å². The molecule has 1 fully saturated rings. The van der Waals surface area contributed by atoms with Crippen molar-refractivity contribution in [2.24, 2.45) is 0 Å². The maximum absolute atomic E-state index is 12.0. The maximum atomic E-state index is 12.0. The topological polar surface area (TPSA) is 69.4 Å². The molecule has 6 heteroatoms. The molecule has 1 aliphatic heterocycles. The third kappa shape index (κ3) is 3.96. The highest BCUT2D eigenvalue weighted by Gasteiger charge is 2.23. The van der Waals surface area contributed by atoms with E-state index in [1.807, 2.05) is 0 Å². The summed E-state index contributed by atoms with van der Waals surface area (Å²) in [5, 5.41) is 0. The van der Waals surface area contributed by atoms with Gasteiger partial charge in [0.25, 0.3) is 0 Å². The molecule has 100 valence electrons. The van der Waals surface area contributed by atoms with Gasteiger partial charge in [0, 0.05) is 16.8 Å². The van der Waals surface area contributed by atoms with Crippen LogP contribution in [0.3, 0.4) is 0 Å². The Labute approximate surface area is 116 Å². The van der Waals surface area contributed by atoms with Crippen LogP contribution in [0.25, 0.3) is 0 Å². The van der Waals surface area contributed by atoms with E-state index in [9.17, 15) is 8.42 Å². The van der Waals surface area contributed by atoms with Crippen molar-refractivity contribution in [1.82, 2.24) is 0 Å². The Morgan fingerprint density at radius 1 is 1.39 bits per heavy atom. The number of ether oxygens (including phenoxy) is 1.